The van der Waals surface area contributed by atoms with E-state index in [-0.39, 0.29) is 49.5 Å². The van der Waals surface area contributed by atoms with Crippen molar-refractivity contribution in [1.82, 2.24) is 46.9 Å². The molecule has 6 atom stereocenters. The minimum Gasteiger partial charge on any atom is -0.508 e. The number of aliphatic carboxylic acids is 1. The van der Waals surface area contributed by atoms with Gasteiger partial charge in [0, 0.05) is 50.0 Å². The number of carboxylic acids is 1. The molecule has 4 rings (SSSR count). The number of hydrogen-bond acceptors (Lipinski definition) is 12. The van der Waals surface area contributed by atoms with E-state index in [1.165, 1.54) is 49.2 Å². The Bertz CT molecular complexity index is 1780. The number of amides is 6. The van der Waals surface area contributed by atoms with Crippen LogP contribution in [0.5, 0.6) is 5.75 Å². The second kappa shape index (κ2) is 19.7. The SMILES string of the molecule is O=C1CC[C@@H](C(=O)N[C@@H](Cc2c[nH]cn2)C(=O)N[C@H](Cc2cccnc2)C(=O)N[C@@H](CO)C(=O)N[C@@H](Cc2ccc(O)cc2)C(=O)N[C@H](CS)C(=O)O)N1. The minimum absolute atomic E-state index is 0.0575. The Hall–Kier alpha value is -6.02. The number of H-pyrrole nitrogens is 1. The number of carboxylic acid groups (broad SMARTS) is 1. The number of hydrogen-bond donors (Lipinski definition) is 11. The number of benzene rings is 1. The summed E-state index contributed by atoms with van der Waals surface area (Å²) in [5, 5.41) is 44.2. The van der Waals surface area contributed by atoms with Gasteiger partial charge in [0.25, 0.3) is 0 Å². The van der Waals surface area contributed by atoms with Crippen LogP contribution < -0.4 is 31.9 Å². The molecule has 6 amide bonds. The van der Waals surface area contributed by atoms with Gasteiger partial charge in [0.1, 0.15) is 42.0 Å². The Morgan fingerprint density at radius 3 is 1.93 bits per heavy atom. The lowest BCUT2D eigenvalue weighted by Crippen LogP contribution is -2.61. The van der Waals surface area contributed by atoms with Crippen molar-refractivity contribution in [3.8, 4) is 5.75 Å². The lowest BCUT2D eigenvalue weighted by molar-refractivity contribution is -0.141. The normalized spacial score (nSPS) is 16.4. The number of rotatable bonds is 19. The van der Waals surface area contributed by atoms with Crippen molar-refractivity contribution in [1.29, 1.82) is 0 Å². The van der Waals surface area contributed by atoms with Crippen LogP contribution in [0.4, 0.5) is 0 Å². The highest BCUT2D eigenvalue weighted by molar-refractivity contribution is 7.80. The summed E-state index contributed by atoms with van der Waals surface area (Å²) < 4.78 is 0. The van der Waals surface area contributed by atoms with Crippen molar-refractivity contribution in [3.05, 3.63) is 78.1 Å². The minimum atomic E-state index is -1.66. The third-order valence-corrected chi connectivity index (χ3v) is 8.70. The third kappa shape index (κ3) is 12.0. The molecule has 0 saturated carbocycles. The lowest BCUT2D eigenvalue weighted by Gasteiger charge is -2.26. The molecule has 0 spiro atoms. The number of aromatic amines is 1. The van der Waals surface area contributed by atoms with Gasteiger partial charge in [0.15, 0.2) is 0 Å². The van der Waals surface area contributed by atoms with Crippen LogP contribution in [0.3, 0.4) is 0 Å². The van der Waals surface area contributed by atoms with E-state index < -0.39 is 78.4 Å². The molecule has 19 nitrogen and oxygen atoms in total. The summed E-state index contributed by atoms with van der Waals surface area (Å²) in [7, 11) is 0. The van der Waals surface area contributed by atoms with E-state index in [0.717, 1.165) is 0 Å². The van der Waals surface area contributed by atoms with Crippen LogP contribution in [-0.4, -0.2) is 120 Å². The Kier molecular flexibility index (Phi) is 14.9. The molecule has 1 aliphatic heterocycles. The van der Waals surface area contributed by atoms with E-state index in [9.17, 15) is 48.9 Å². The molecule has 1 aromatic carbocycles. The molecule has 1 saturated heterocycles. The second-order valence-corrected chi connectivity index (χ2v) is 12.7. The van der Waals surface area contributed by atoms with Crippen LogP contribution in [-0.2, 0) is 52.8 Å². The van der Waals surface area contributed by atoms with Gasteiger partial charge in [-0.05, 0) is 35.7 Å². The summed E-state index contributed by atoms with van der Waals surface area (Å²) in [6.45, 7) is -0.946. The number of nitrogens with zero attached hydrogens (tertiary/aromatic N) is 2. The van der Waals surface area contributed by atoms with Crippen LogP contribution >= 0.6 is 12.6 Å². The van der Waals surface area contributed by atoms with Gasteiger partial charge in [0.05, 0.1) is 18.6 Å². The van der Waals surface area contributed by atoms with E-state index in [2.05, 4.69) is 59.5 Å². The first-order chi connectivity index (χ1) is 25.9. The number of aliphatic hydroxyl groups is 1. The molecule has 0 radical (unpaired) electrons. The Balaban J connectivity index is 1.53. The second-order valence-electron chi connectivity index (χ2n) is 12.4. The van der Waals surface area contributed by atoms with E-state index >= 15 is 0 Å². The Labute approximate surface area is 313 Å². The number of phenols is 1. The molecule has 1 aliphatic rings. The number of imidazole rings is 1. The van der Waals surface area contributed by atoms with Gasteiger partial charge in [0.2, 0.25) is 35.4 Å². The van der Waals surface area contributed by atoms with Crippen molar-refractivity contribution in [2.45, 2.75) is 68.4 Å². The molecule has 3 heterocycles. The van der Waals surface area contributed by atoms with Crippen molar-refractivity contribution in [2.75, 3.05) is 12.4 Å². The fraction of sp³-hybridized carbons (Fsp3) is 0.382. The first kappa shape index (κ1) is 40.7. The molecular formula is C34H41N9O10S. The Morgan fingerprint density at radius 1 is 0.815 bits per heavy atom. The number of carbonyl (C=O) groups is 7. The molecule has 0 aliphatic carbocycles. The summed E-state index contributed by atoms with van der Waals surface area (Å²) in [4.78, 5) is 101. The van der Waals surface area contributed by atoms with Crippen LogP contribution in [0.2, 0.25) is 0 Å². The molecule has 0 unspecified atom stereocenters. The van der Waals surface area contributed by atoms with Crippen molar-refractivity contribution in [2.24, 2.45) is 0 Å². The summed E-state index contributed by atoms with van der Waals surface area (Å²) in [6, 6.07) is 0.939. The van der Waals surface area contributed by atoms with E-state index in [4.69, 9.17) is 0 Å². The maximum absolute atomic E-state index is 13.8. The molecule has 54 heavy (non-hydrogen) atoms. The third-order valence-electron chi connectivity index (χ3n) is 8.33. The van der Waals surface area contributed by atoms with Crippen molar-refractivity contribution >= 4 is 54.0 Å². The van der Waals surface area contributed by atoms with E-state index in [0.29, 0.717) is 16.8 Å². The predicted octanol–water partition coefficient (Wildman–Crippen LogP) is -2.75. The molecule has 0 bridgehead atoms. The zero-order valence-electron chi connectivity index (χ0n) is 28.7. The Morgan fingerprint density at radius 2 is 1.41 bits per heavy atom. The van der Waals surface area contributed by atoms with Gasteiger partial charge in [-0.2, -0.15) is 12.6 Å². The average molecular weight is 768 g/mol. The summed E-state index contributed by atoms with van der Waals surface area (Å²) >= 11 is 3.95. The highest BCUT2D eigenvalue weighted by Gasteiger charge is 2.34. The van der Waals surface area contributed by atoms with Crippen LogP contribution in [0, 0.1) is 0 Å². The highest BCUT2D eigenvalue weighted by atomic mass is 32.1. The van der Waals surface area contributed by atoms with Crippen LogP contribution in [0.15, 0.2) is 61.3 Å². The first-order valence-electron chi connectivity index (χ1n) is 16.8. The van der Waals surface area contributed by atoms with Crippen molar-refractivity contribution in [3.63, 3.8) is 0 Å². The fourth-order valence-corrected chi connectivity index (χ4v) is 5.66. The van der Waals surface area contributed by atoms with Crippen LogP contribution in [0.1, 0.15) is 29.7 Å². The summed E-state index contributed by atoms with van der Waals surface area (Å²) in [5.74, 6) is -6.25. The van der Waals surface area contributed by atoms with E-state index in [1.807, 2.05) is 0 Å². The molecule has 288 valence electrons. The number of carbonyl (C=O) groups excluding carboxylic acids is 6. The van der Waals surface area contributed by atoms with Gasteiger partial charge in [-0.3, -0.25) is 33.8 Å². The van der Waals surface area contributed by atoms with Gasteiger partial charge in [-0.1, -0.05) is 18.2 Å². The lowest BCUT2D eigenvalue weighted by atomic mass is 10.0. The summed E-state index contributed by atoms with van der Waals surface area (Å²) in [6.07, 6.45) is 5.82. The molecule has 20 heteroatoms. The zero-order chi connectivity index (χ0) is 39.2. The maximum atomic E-state index is 13.8. The predicted molar refractivity (Wildman–Crippen MR) is 191 cm³/mol. The van der Waals surface area contributed by atoms with E-state index in [1.54, 1.807) is 12.1 Å². The van der Waals surface area contributed by atoms with Gasteiger partial charge < -0.3 is 52.2 Å². The summed E-state index contributed by atoms with van der Waals surface area (Å²) in [5.41, 5.74) is 1.39. The first-order valence-corrected chi connectivity index (χ1v) is 17.4. The average Bonchev–Trinajstić information content (AvgIpc) is 3.84. The maximum Gasteiger partial charge on any atom is 0.327 e. The zero-order valence-corrected chi connectivity index (χ0v) is 29.6. The van der Waals surface area contributed by atoms with Gasteiger partial charge in [-0.15, -0.1) is 0 Å². The molecular weight excluding hydrogens is 726 g/mol. The number of nitrogens with one attached hydrogen (secondary N) is 7. The van der Waals surface area contributed by atoms with Gasteiger partial charge in [-0.25, -0.2) is 9.78 Å². The van der Waals surface area contributed by atoms with Gasteiger partial charge >= 0.3 is 5.97 Å². The van der Waals surface area contributed by atoms with Crippen LogP contribution in [0.25, 0.3) is 0 Å². The smallest absolute Gasteiger partial charge is 0.327 e. The highest BCUT2D eigenvalue weighted by Crippen LogP contribution is 2.13. The number of aromatic hydroxyl groups is 1. The number of phenolic OH excluding ortho intramolecular Hbond substituents is 1. The molecule has 2 aromatic heterocycles. The standard InChI is InChI=1S/C34H41N9O10S/c44-15-26(33(51)40-23(10-18-3-5-21(45)6-4-18)31(49)43-27(16-54)34(52)53)42-30(48)24(11-19-2-1-9-35-13-19)39-32(50)25(12-20-14-36-17-37-20)41-29(47)22-7-8-28(46)38-22/h1-6,9,13-14,17,22-27,44-45,54H,7-8,10-12,15-16H2,(H,36,37)(H,38,46)(H,39,50)(H,40,51)(H,41,47)(H,42,48)(H,43,49)(H,52,53)/t22-,23-,24+,25-,26-,27+/m0/s1. The molecule has 1 fully saturated rings. The molecule has 3 aromatic rings. The number of thiol groups is 1. The number of pyridine rings is 1. The number of aliphatic hydroxyl groups excluding tert-OH is 1. The largest absolute Gasteiger partial charge is 0.508 e. The molecule has 10 N–H and O–H groups in total. The van der Waals surface area contributed by atoms with Crippen molar-refractivity contribution < 1.29 is 48.9 Å². The fourth-order valence-electron chi connectivity index (χ4n) is 5.41. The quantitative estimate of drug-likeness (QED) is 0.0554. The topological polar surface area (TPSA) is 294 Å². The number of aromatic nitrogens is 3. The monoisotopic (exact) mass is 767 g/mol.